The first-order chi connectivity index (χ1) is 12.0. The molecule has 0 spiro atoms. The topological polar surface area (TPSA) is 51.2 Å². The van der Waals surface area contributed by atoms with Gasteiger partial charge in [-0.15, -0.1) is 11.3 Å². The molecule has 0 aliphatic heterocycles. The van der Waals surface area contributed by atoms with Gasteiger partial charge in [-0.1, -0.05) is 18.3 Å². The standard InChI is InChI=1S/C18H17FN2O2S2/c1-9-3-5-11-13(7-9)24-16(15(11)17(22)23-2)21-18-20-12-6-4-10(19)8-14(12)25-18/h4,6,8-9H,3,5,7H2,1-2H3,(H,20,21). The van der Waals surface area contributed by atoms with Crippen molar-refractivity contribution in [3.63, 3.8) is 0 Å². The molecule has 0 bridgehead atoms. The molecule has 1 unspecified atom stereocenters. The zero-order valence-electron chi connectivity index (χ0n) is 13.9. The number of hydrogen-bond acceptors (Lipinski definition) is 6. The second-order valence-corrected chi connectivity index (χ2v) is 8.44. The predicted octanol–water partition coefficient (Wildman–Crippen LogP) is 5.15. The van der Waals surface area contributed by atoms with Crippen molar-refractivity contribution >= 4 is 49.0 Å². The van der Waals surface area contributed by atoms with Crippen LogP contribution in [0.5, 0.6) is 0 Å². The number of carbonyl (C=O) groups excluding carboxylic acids is 1. The lowest BCUT2D eigenvalue weighted by Crippen LogP contribution is -2.13. The van der Waals surface area contributed by atoms with Crippen LogP contribution in [0.1, 0.15) is 34.1 Å². The summed E-state index contributed by atoms with van der Waals surface area (Å²) in [6.07, 6.45) is 2.95. The maximum atomic E-state index is 13.4. The average molecular weight is 376 g/mol. The molecule has 1 aliphatic rings. The van der Waals surface area contributed by atoms with Crippen molar-refractivity contribution < 1.29 is 13.9 Å². The van der Waals surface area contributed by atoms with E-state index >= 15 is 0 Å². The van der Waals surface area contributed by atoms with Gasteiger partial charge in [-0.25, -0.2) is 14.2 Å². The van der Waals surface area contributed by atoms with Crippen molar-refractivity contribution in [2.45, 2.75) is 26.2 Å². The fourth-order valence-corrected chi connectivity index (χ4v) is 5.56. The first-order valence-corrected chi connectivity index (χ1v) is 9.74. The van der Waals surface area contributed by atoms with Crippen LogP contribution in [0.15, 0.2) is 18.2 Å². The van der Waals surface area contributed by atoms with Crippen LogP contribution in [-0.2, 0) is 17.6 Å². The Kier molecular flexibility index (Phi) is 4.21. The van der Waals surface area contributed by atoms with Gasteiger partial charge < -0.3 is 10.1 Å². The first-order valence-electron chi connectivity index (χ1n) is 8.11. The number of thiazole rings is 1. The molecule has 4 rings (SSSR count). The van der Waals surface area contributed by atoms with E-state index in [4.69, 9.17) is 4.74 Å². The molecule has 0 radical (unpaired) electrons. The van der Waals surface area contributed by atoms with Crippen LogP contribution in [0.2, 0.25) is 0 Å². The number of nitrogens with one attached hydrogen (secondary N) is 1. The third kappa shape index (κ3) is 3.02. The van der Waals surface area contributed by atoms with Gasteiger partial charge in [-0.3, -0.25) is 0 Å². The van der Waals surface area contributed by atoms with Crippen LogP contribution in [0.3, 0.4) is 0 Å². The zero-order chi connectivity index (χ0) is 17.6. The van der Waals surface area contributed by atoms with Gasteiger partial charge in [0.1, 0.15) is 10.8 Å². The van der Waals surface area contributed by atoms with Crippen LogP contribution in [0, 0.1) is 11.7 Å². The molecule has 130 valence electrons. The highest BCUT2D eigenvalue weighted by atomic mass is 32.1. The quantitative estimate of drug-likeness (QED) is 0.642. The number of nitrogens with zero attached hydrogens (tertiary/aromatic N) is 1. The van der Waals surface area contributed by atoms with Crippen LogP contribution in [0.25, 0.3) is 10.2 Å². The molecular weight excluding hydrogens is 359 g/mol. The fraction of sp³-hybridized carbons (Fsp3) is 0.333. The van der Waals surface area contributed by atoms with Crippen LogP contribution < -0.4 is 5.32 Å². The number of rotatable bonds is 3. The van der Waals surface area contributed by atoms with Crippen LogP contribution >= 0.6 is 22.7 Å². The van der Waals surface area contributed by atoms with E-state index in [9.17, 15) is 9.18 Å². The smallest absolute Gasteiger partial charge is 0.341 e. The fourth-order valence-electron chi connectivity index (χ4n) is 3.21. The number of esters is 1. The molecule has 1 aliphatic carbocycles. The highest BCUT2D eigenvalue weighted by Gasteiger charge is 2.28. The maximum absolute atomic E-state index is 13.4. The minimum atomic E-state index is -0.318. The monoisotopic (exact) mass is 376 g/mol. The lowest BCUT2D eigenvalue weighted by atomic mass is 9.88. The number of methoxy groups -OCH3 is 1. The summed E-state index contributed by atoms with van der Waals surface area (Å²) in [4.78, 5) is 18.1. The number of hydrogen-bond donors (Lipinski definition) is 1. The number of thiophene rings is 1. The summed E-state index contributed by atoms with van der Waals surface area (Å²) in [5.41, 5.74) is 2.47. The third-order valence-corrected chi connectivity index (χ3v) is 6.58. The van der Waals surface area contributed by atoms with E-state index in [-0.39, 0.29) is 11.8 Å². The highest BCUT2D eigenvalue weighted by Crippen LogP contribution is 2.42. The Bertz CT molecular complexity index is 964. The van der Waals surface area contributed by atoms with E-state index in [2.05, 4.69) is 17.2 Å². The molecule has 2 aromatic heterocycles. The molecule has 4 nitrogen and oxygen atoms in total. The molecule has 1 N–H and O–H groups in total. The van der Waals surface area contributed by atoms with Crippen molar-refractivity contribution in [3.8, 4) is 0 Å². The molecule has 0 saturated heterocycles. The Morgan fingerprint density at radius 2 is 2.24 bits per heavy atom. The number of fused-ring (bicyclic) bond motifs is 2. The predicted molar refractivity (Wildman–Crippen MR) is 99.7 cm³/mol. The van der Waals surface area contributed by atoms with Crippen molar-refractivity contribution in [1.82, 2.24) is 4.98 Å². The molecule has 0 amide bonds. The van der Waals surface area contributed by atoms with Gasteiger partial charge in [0, 0.05) is 4.88 Å². The molecule has 25 heavy (non-hydrogen) atoms. The number of anilines is 2. The summed E-state index contributed by atoms with van der Waals surface area (Å²) >= 11 is 2.97. The SMILES string of the molecule is COC(=O)c1c(Nc2nc3ccc(F)cc3s2)sc2c1CCC(C)C2. The van der Waals surface area contributed by atoms with Gasteiger partial charge in [0.2, 0.25) is 0 Å². The Labute approximate surface area is 152 Å². The van der Waals surface area contributed by atoms with E-state index in [1.54, 1.807) is 17.4 Å². The summed E-state index contributed by atoms with van der Waals surface area (Å²) in [7, 11) is 1.40. The van der Waals surface area contributed by atoms with Gasteiger partial charge in [-0.05, 0) is 48.9 Å². The molecule has 2 heterocycles. The molecular formula is C18H17FN2O2S2. The van der Waals surface area contributed by atoms with Gasteiger partial charge in [0.05, 0.1) is 22.9 Å². The number of ether oxygens (including phenoxy) is 1. The van der Waals surface area contributed by atoms with E-state index in [1.807, 2.05) is 0 Å². The summed E-state index contributed by atoms with van der Waals surface area (Å²) in [6, 6.07) is 4.53. The van der Waals surface area contributed by atoms with E-state index in [1.165, 1.54) is 35.5 Å². The van der Waals surface area contributed by atoms with Gasteiger partial charge in [-0.2, -0.15) is 0 Å². The molecule has 1 aromatic carbocycles. The van der Waals surface area contributed by atoms with E-state index in [0.717, 1.165) is 40.0 Å². The van der Waals surface area contributed by atoms with Gasteiger partial charge >= 0.3 is 5.97 Å². The summed E-state index contributed by atoms with van der Waals surface area (Å²) < 4.78 is 19.2. The first kappa shape index (κ1) is 16.5. The largest absolute Gasteiger partial charge is 0.465 e. The number of aromatic nitrogens is 1. The molecule has 0 fully saturated rings. The Morgan fingerprint density at radius 3 is 3.04 bits per heavy atom. The van der Waals surface area contributed by atoms with Crippen molar-refractivity contribution in [2.75, 3.05) is 12.4 Å². The molecule has 3 aromatic rings. The normalized spacial score (nSPS) is 16.7. The van der Waals surface area contributed by atoms with Crippen molar-refractivity contribution in [3.05, 3.63) is 40.0 Å². The number of carbonyl (C=O) groups is 1. The van der Waals surface area contributed by atoms with Gasteiger partial charge in [0.25, 0.3) is 0 Å². The van der Waals surface area contributed by atoms with Crippen molar-refractivity contribution in [2.24, 2.45) is 5.92 Å². The van der Waals surface area contributed by atoms with E-state index < -0.39 is 0 Å². The molecule has 1 atom stereocenters. The minimum absolute atomic E-state index is 0.279. The zero-order valence-corrected chi connectivity index (χ0v) is 15.5. The molecule has 0 saturated carbocycles. The average Bonchev–Trinajstić information content (AvgIpc) is 3.13. The van der Waals surface area contributed by atoms with Crippen molar-refractivity contribution in [1.29, 1.82) is 0 Å². The maximum Gasteiger partial charge on any atom is 0.341 e. The lowest BCUT2D eigenvalue weighted by Gasteiger charge is -2.18. The minimum Gasteiger partial charge on any atom is -0.465 e. The second-order valence-electron chi connectivity index (χ2n) is 6.30. The summed E-state index contributed by atoms with van der Waals surface area (Å²) in [5.74, 6) is 0.0233. The van der Waals surface area contributed by atoms with Crippen LogP contribution in [-0.4, -0.2) is 18.1 Å². The number of halogens is 1. The summed E-state index contributed by atoms with van der Waals surface area (Å²) in [6.45, 7) is 2.23. The summed E-state index contributed by atoms with van der Waals surface area (Å²) in [5, 5.41) is 4.69. The Balaban J connectivity index is 1.74. The van der Waals surface area contributed by atoms with E-state index in [0.29, 0.717) is 16.6 Å². The number of benzene rings is 1. The highest BCUT2D eigenvalue weighted by molar-refractivity contribution is 7.23. The second kappa shape index (κ2) is 6.38. The Morgan fingerprint density at radius 1 is 1.40 bits per heavy atom. The van der Waals surface area contributed by atoms with Crippen LogP contribution in [0.4, 0.5) is 14.5 Å². The van der Waals surface area contributed by atoms with Gasteiger partial charge in [0.15, 0.2) is 5.13 Å². The Hall–Kier alpha value is -1.99. The molecule has 7 heteroatoms. The lowest BCUT2D eigenvalue weighted by molar-refractivity contribution is 0.0601. The third-order valence-electron chi connectivity index (χ3n) is 4.47.